The van der Waals surface area contributed by atoms with Crippen molar-refractivity contribution in [1.82, 2.24) is 4.90 Å². The highest BCUT2D eigenvalue weighted by Crippen LogP contribution is 2.31. The number of nitrogens with two attached hydrogens (primary N) is 1. The molecule has 2 unspecified atom stereocenters. The van der Waals surface area contributed by atoms with Crippen molar-refractivity contribution in [2.45, 2.75) is 32.0 Å². The van der Waals surface area contributed by atoms with Gasteiger partial charge in [0.05, 0.1) is 18.8 Å². The minimum atomic E-state index is 0.130. The van der Waals surface area contributed by atoms with E-state index in [1.54, 1.807) is 11.3 Å². The topological polar surface area (TPSA) is 38.5 Å². The van der Waals surface area contributed by atoms with E-state index in [1.165, 1.54) is 5.56 Å². The second kappa shape index (κ2) is 5.27. The molecule has 0 amide bonds. The summed E-state index contributed by atoms with van der Waals surface area (Å²) in [6, 6.07) is 3.04. The molecule has 3 nitrogen and oxygen atoms in total. The molecule has 0 bridgehead atoms. The maximum absolute atomic E-state index is 5.81. The van der Waals surface area contributed by atoms with E-state index < -0.39 is 0 Å². The highest BCUT2D eigenvalue weighted by Gasteiger charge is 2.34. The third-order valence-electron chi connectivity index (χ3n) is 3.17. The van der Waals surface area contributed by atoms with Crippen LogP contribution in [0.5, 0.6) is 0 Å². The summed E-state index contributed by atoms with van der Waals surface area (Å²) >= 11 is 1.74. The van der Waals surface area contributed by atoms with Gasteiger partial charge in [0.25, 0.3) is 0 Å². The number of thiophene rings is 1. The van der Waals surface area contributed by atoms with Crippen molar-refractivity contribution in [1.29, 1.82) is 0 Å². The number of ether oxygens (including phenoxy) is 1. The molecule has 1 saturated heterocycles. The molecule has 1 aliphatic heterocycles. The lowest BCUT2D eigenvalue weighted by Gasteiger charge is -2.43. The smallest absolute Gasteiger partial charge is 0.0894 e. The van der Waals surface area contributed by atoms with Crippen LogP contribution in [0.3, 0.4) is 0 Å². The van der Waals surface area contributed by atoms with Crippen LogP contribution in [0.25, 0.3) is 0 Å². The van der Waals surface area contributed by atoms with Crippen molar-refractivity contribution in [2.24, 2.45) is 5.73 Å². The Bertz CT molecular complexity index is 313. The summed E-state index contributed by atoms with van der Waals surface area (Å²) < 4.78 is 5.78. The first kappa shape index (κ1) is 12.0. The molecule has 4 heteroatoms. The van der Waals surface area contributed by atoms with E-state index in [9.17, 15) is 0 Å². The molecule has 1 aliphatic rings. The number of morpholine rings is 1. The van der Waals surface area contributed by atoms with Crippen LogP contribution in [0.4, 0.5) is 0 Å². The summed E-state index contributed by atoms with van der Waals surface area (Å²) in [5.41, 5.74) is 7.16. The SMILES string of the molecule is CC(C)N1CCOC(CN)C1c1ccsc1. The molecule has 16 heavy (non-hydrogen) atoms. The van der Waals surface area contributed by atoms with Gasteiger partial charge >= 0.3 is 0 Å². The Kier molecular flexibility index (Phi) is 3.97. The van der Waals surface area contributed by atoms with Crippen molar-refractivity contribution < 1.29 is 4.74 Å². The van der Waals surface area contributed by atoms with Crippen LogP contribution < -0.4 is 5.73 Å². The van der Waals surface area contributed by atoms with Gasteiger partial charge in [0.1, 0.15) is 0 Å². The Hall–Kier alpha value is -0.420. The van der Waals surface area contributed by atoms with Gasteiger partial charge in [-0.3, -0.25) is 4.90 Å². The van der Waals surface area contributed by atoms with Gasteiger partial charge in [-0.05, 0) is 36.2 Å². The number of rotatable bonds is 3. The lowest BCUT2D eigenvalue weighted by Crippen LogP contribution is -2.50. The summed E-state index contributed by atoms with van der Waals surface area (Å²) in [7, 11) is 0. The maximum Gasteiger partial charge on any atom is 0.0894 e. The fraction of sp³-hybridized carbons (Fsp3) is 0.667. The van der Waals surface area contributed by atoms with E-state index >= 15 is 0 Å². The van der Waals surface area contributed by atoms with E-state index in [-0.39, 0.29) is 6.10 Å². The molecule has 0 aliphatic carbocycles. The van der Waals surface area contributed by atoms with Gasteiger partial charge in [0, 0.05) is 19.1 Å². The Morgan fingerprint density at radius 2 is 2.44 bits per heavy atom. The van der Waals surface area contributed by atoms with Crippen LogP contribution in [0, 0.1) is 0 Å². The summed E-state index contributed by atoms with van der Waals surface area (Å²) in [5.74, 6) is 0. The van der Waals surface area contributed by atoms with Gasteiger partial charge in [0.15, 0.2) is 0 Å². The van der Waals surface area contributed by atoms with Crippen LogP contribution >= 0.6 is 11.3 Å². The van der Waals surface area contributed by atoms with Crippen molar-refractivity contribution >= 4 is 11.3 Å². The molecule has 2 rings (SSSR count). The van der Waals surface area contributed by atoms with Gasteiger partial charge in [-0.25, -0.2) is 0 Å². The van der Waals surface area contributed by atoms with E-state index in [0.717, 1.165) is 13.2 Å². The summed E-state index contributed by atoms with van der Waals surface area (Å²) in [5, 5.41) is 4.33. The molecular weight excluding hydrogens is 220 g/mol. The molecule has 2 heterocycles. The molecule has 0 aromatic carbocycles. The molecule has 0 radical (unpaired) electrons. The van der Waals surface area contributed by atoms with Crippen molar-refractivity contribution in [2.75, 3.05) is 19.7 Å². The van der Waals surface area contributed by atoms with Crippen LogP contribution in [0.2, 0.25) is 0 Å². The Morgan fingerprint density at radius 1 is 1.62 bits per heavy atom. The zero-order valence-electron chi connectivity index (χ0n) is 9.93. The Morgan fingerprint density at radius 3 is 3.00 bits per heavy atom. The molecule has 2 atom stereocenters. The lowest BCUT2D eigenvalue weighted by atomic mass is 9.99. The second-order valence-electron chi connectivity index (χ2n) is 4.48. The highest BCUT2D eigenvalue weighted by atomic mass is 32.1. The minimum absolute atomic E-state index is 0.130. The summed E-state index contributed by atoms with van der Waals surface area (Å²) in [6.45, 7) is 6.84. The van der Waals surface area contributed by atoms with Gasteiger partial charge in [-0.1, -0.05) is 0 Å². The van der Waals surface area contributed by atoms with E-state index in [4.69, 9.17) is 10.5 Å². The van der Waals surface area contributed by atoms with E-state index in [1.807, 2.05) is 0 Å². The van der Waals surface area contributed by atoms with Crippen molar-refractivity contribution in [3.05, 3.63) is 22.4 Å². The monoisotopic (exact) mass is 240 g/mol. The molecule has 1 aromatic heterocycles. The molecule has 2 N–H and O–H groups in total. The van der Waals surface area contributed by atoms with Gasteiger partial charge < -0.3 is 10.5 Å². The van der Waals surface area contributed by atoms with Gasteiger partial charge in [-0.2, -0.15) is 11.3 Å². The van der Waals surface area contributed by atoms with Crippen LogP contribution in [-0.4, -0.2) is 36.7 Å². The first-order valence-corrected chi connectivity index (χ1v) is 6.78. The number of nitrogens with zero attached hydrogens (tertiary/aromatic N) is 1. The predicted molar refractivity (Wildman–Crippen MR) is 67.7 cm³/mol. The number of hydrogen-bond acceptors (Lipinski definition) is 4. The number of hydrogen-bond donors (Lipinski definition) is 1. The fourth-order valence-electron chi connectivity index (χ4n) is 2.38. The predicted octanol–water partition coefficient (Wildman–Crippen LogP) is 1.86. The maximum atomic E-state index is 5.81. The molecular formula is C12H20N2OS. The highest BCUT2D eigenvalue weighted by molar-refractivity contribution is 7.07. The van der Waals surface area contributed by atoms with Crippen molar-refractivity contribution in [3.8, 4) is 0 Å². The average Bonchev–Trinajstić information content (AvgIpc) is 2.81. The molecule has 1 aromatic rings. The standard InChI is InChI=1S/C12H20N2OS/c1-9(2)14-4-5-15-11(7-13)12(14)10-3-6-16-8-10/h3,6,8-9,11-12H,4-5,7,13H2,1-2H3. The van der Waals surface area contributed by atoms with Gasteiger partial charge in [-0.15, -0.1) is 0 Å². The van der Waals surface area contributed by atoms with Crippen LogP contribution in [0.1, 0.15) is 25.5 Å². The summed E-state index contributed by atoms with van der Waals surface area (Å²) in [4.78, 5) is 2.49. The third kappa shape index (κ3) is 2.30. The van der Waals surface area contributed by atoms with Crippen molar-refractivity contribution in [3.63, 3.8) is 0 Å². The second-order valence-corrected chi connectivity index (χ2v) is 5.26. The lowest BCUT2D eigenvalue weighted by molar-refractivity contribution is -0.0788. The quantitative estimate of drug-likeness (QED) is 0.876. The molecule has 90 valence electrons. The largest absolute Gasteiger partial charge is 0.374 e. The molecule has 0 spiro atoms. The van der Waals surface area contributed by atoms with Gasteiger partial charge in [0.2, 0.25) is 0 Å². The Labute approximate surface area is 101 Å². The first-order chi connectivity index (χ1) is 7.74. The zero-order chi connectivity index (χ0) is 11.5. The fourth-order valence-corrected chi connectivity index (χ4v) is 3.07. The minimum Gasteiger partial charge on any atom is -0.374 e. The van der Waals surface area contributed by atoms with E-state index in [2.05, 4.69) is 35.6 Å². The molecule has 0 saturated carbocycles. The summed E-state index contributed by atoms with van der Waals surface area (Å²) in [6.07, 6.45) is 0.130. The average molecular weight is 240 g/mol. The normalized spacial score (nSPS) is 27.5. The Balaban J connectivity index is 2.24. The zero-order valence-corrected chi connectivity index (χ0v) is 10.7. The molecule has 1 fully saturated rings. The van der Waals surface area contributed by atoms with Crippen LogP contribution in [-0.2, 0) is 4.74 Å². The first-order valence-electron chi connectivity index (χ1n) is 5.83. The van der Waals surface area contributed by atoms with E-state index in [0.29, 0.717) is 18.6 Å². The van der Waals surface area contributed by atoms with Crippen LogP contribution in [0.15, 0.2) is 16.8 Å². The third-order valence-corrected chi connectivity index (χ3v) is 3.87.